The molecule has 17 heavy (non-hydrogen) atoms. The molecule has 2 heterocycles. The highest BCUT2D eigenvalue weighted by atomic mass is 16.5. The number of nitrogens with one attached hydrogen (secondary N) is 2. The Labute approximate surface area is 101 Å². The third kappa shape index (κ3) is 3.17. The monoisotopic (exact) mass is 240 g/mol. The second kappa shape index (κ2) is 5.46. The molecule has 2 rings (SSSR count). The summed E-state index contributed by atoms with van der Waals surface area (Å²) in [5.41, 5.74) is 0. The summed E-state index contributed by atoms with van der Waals surface area (Å²) >= 11 is 0. The molecular weight excluding hydrogens is 220 g/mol. The Bertz CT molecular complexity index is 355. The first-order valence-corrected chi connectivity index (χ1v) is 6.08. The largest absolute Gasteiger partial charge is 0.406 e. The Morgan fingerprint density at radius 3 is 2.94 bits per heavy atom. The molecule has 0 bridgehead atoms. The predicted molar refractivity (Wildman–Crippen MR) is 63.8 cm³/mol. The van der Waals surface area contributed by atoms with E-state index in [-0.39, 0.29) is 6.04 Å². The summed E-state index contributed by atoms with van der Waals surface area (Å²) in [6, 6.07) is 0.935. The van der Waals surface area contributed by atoms with Gasteiger partial charge < -0.3 is 19.8 Å². The molecule has 3 unspecified atom stereocenters. The van der Waals surface area contributed by atoms with Crippen molar-refractivity contribution < 1.29 is 9.15 Å². The van der Waals surface area contributed by atoms with Crippen LogP contribution in [0.25, 0.3) is 0 Å². The van der Waals surface area contributed by atoms with Crippen molar-refractivity contribution in [3.8, 4) is 0 Å². The fourth-order valence-electron chi connectivity index (χ4n) is 1.90. The third-order valence-electron chi connectivity index (χ3n) is 3.06. The molecule has 1 aliphatic heterocycles. The van der Waals surface area contributed by atoms with E-state index in [4.69, 9.17) is 9.15 Å². The van der Waals surface area contributed by atoms with Crippen molar-refractivity contribution in [3.05, 3.63) is 5.89 Å². The van der Waals surface area contributed by atoms with Crippen LogP contribution in [0.15, 0.2) is 4.42 Å². The molecule has 6 heteroatoms. The van der Waals surface area contributed by atoms with E-state index in [9.17, 15) is 0 Å². The van der Waals surface area contributed by atoms with E-state index in [2.05, 4.69) is 27.8 Å². The second-order valence-electron chi connectivity index (χ2n) is 4.50. The van der Waals surface area contributed by atoms with Gasteiger partial charge in [-0.2, -0.15) is 0 Å². The molecule has 3 atom stereocenters. The van der Waals surface area contributed by atoms with Gasteiger partial charge in [-0.25, -0.2) is 0 Å². The predicted octanol–water partition coefficient (Wildman–Crippen LogP) is 1.33. The molecule has 0 aliphatic carbocycles. The molecule has 0 amide bonds. The lowest BCUT2D eigenvalue weighted by Gasteiger charge is -2.27. The van der Waals surface area contributed by atoms with Crippen molar-refractivity contribution >= 4 is 6.01 Å². The van der Waals surface area contributed by atoms with Gasteiger partial charge in [-0.1, -0.05) is 5.10 Å². The molecule has 1 fully saturated rings. The summed E-state index contributed by atoms with van der Waals surface area (Å²) in [4.78, 5) is 0. The van der Waals surface area contributed by atoms with E-state index in [1.165, 1.54) is 0 Å². The van der Waals surface area contributed by atoms with Gasteiger partial charge >= 0.3 is 6.01 Å². The number of hydrogen-bond acceptors (Lipinski definition) is 6. The van der Waals surface area contributed by atoms with E-state index < -0.39 is 0 Å². The summed E-state index contributed by atoms with van der Waals surface area (Å²) in [6.45, 7) is 4.84. The van der Waals surface area contributed by atoms with Gasteiger partial charge in [-0.15, -0.1) is 5.10 Å². The van der Waals surface area contributed by atoms with Crippen LogP contribution in [0.1, 0.15) is 38.6 Å². The Hall–Kier alpha value is -1.14. The topological polar surface area (TPSA) is 72.2 Å². The van der Waals surface area contributed by atoms with Crippen LogP contribution in [0.3, 0.4) is 0 Å². The highest BCUT2D eigenvalue weighted by Gasteiger charge is 2.21. The summed E-state index contributed by atoms with van der Waals surface area (Å²) in [5, 5.41) is 14.3. The number of aromatic nitrogens is 2. The van der Waals surface area contributed by atoms with E-state index in [0.717, 1.165) is 19.4 Å². The van der Waals surface area contributed by atoms with Gasteiger partial charge in [0, 0.05) is 12.6 Å². The van der Waals surface area contributed by atoms with E-state index in [1.807, 2.05) is 14.0 Å². The number of nitrogens with zero attached hydrogens (tertiary/aromatic N) is 2. The lowest BCUT2D eigenvalue weighted by atomic mass is 10.1. The van der Waals surface area contributed by atoms with Crippen LogP contribution < -0.4 is 10.6 Å². The maximum Gasteiger partial charge on any atom is 0.315 e. The zero-order valence-corrected chi connectivity index (χ0v) is 10.6. The zero-order chi connectivity index (χ0) is 12.3. The van der Waals surface area contributed by atoms with Crippen LogP contribution in [-0.2, 0) is 4.74 Å². The first-order chi connectivity index (χ1) is 8.19. The van der Waals surface area contributed by atoms with Gasteiger partial charge in [0.15, 0.2) is 0 Å². The average Bonchev–Trinajstić information content (AvgIpc) is 2.76. The van der Waals surface area contributed by atoms with Crippen molar-refractivity contribution in [1.29, 1.82) is 0 Å². The average molecular weight is 240 g/mol. The smallest absolute Gasteiger partial charge is 0.315 e. The Balaban J connectivity index is 1.92. The quantitative estimate of drug-likeness (QED) is 0.827. The molecule has 1 aliphatic rings. The van der Waals surface area contributed by atoms with Crippen molar-refractivity contribution in [2.75, 3.05) is 19.0 Å². The molecule has 6 nitrogen and oxygen atoms in total. The lowest BCUT2D eigenvalue weighted by molar-refractivity contribution is 0.0229. The van der Waals surface area contributed by atoms with Gasteiger partial charge in [0.1, 0.15) is 0 Å². The van der Waals surface area contributed by atoms with E-state index >= 15 is 0 Å². The van der Waals surface area contributed by atoms with Gasteiger partial charge in [0.2, 0.25) is 5.89 Å². The molecule has 0 spiro atoms. The number of anilines is 1. The highest BCUT2D eigenvalue weighted by molar-refractivity contribution is 5.20. The van der Waals surface area contributed by atoms with Crippen LogP contribution in [0.2, 0.25) is 0 Å². The third-order valence-corrected chi connectivity index (χ3v) is 3.06. The zero-order valence-electron chi connectivity index (χ0n) is 10.6. The maximum atomic E-state index is 5.54. The fourth-order valence-corrected chi connectivity index (χ4v) is 1.90. The summed E-state index contributed by atoms with van der Waals surface area (Å²) < 4.78 is 11.0. The first-order valence-electron chi connectivity index (χ1n) is 6.08. The Morgan fingerprint density at radius 1 is 1.41 bits per heavy atom. The minimum Gasteiger partial charge on any atom is -0.406 e. The fraction of sp³-hybridized carbons (Fsp3) is 0.818. The minimum atomic E-state index is 0.0756. The van der Waals surface area contributed by atoms with Gasteiger partial charge in [-0.3, -0.25) is 0 Å². The SMILES string of the molecule is CNC(C)c1nnc(NC2CCOC(C)C2)o1. The number of rotatable bonds is 4. The normalized spacial score (nSPS) is 26.8. The molecule has 0 aromatic carbocycles. The van der Waals surface area contributed by atoms with Gasteiger partial charge in [0.05, 0.1) is 12.1 Å². The molecule has 96 valence electrons. The summed E-state index contributed by atoms with van der Waals surface area (Å²) in [6.07, 6.45) is 2.24. The highest BCUT2D eigenvalue weighted by Crippen LogP contribution is 2.19. The molecule has 0 radical (unpaired) electrons. The Kier molecular flexibility index (Phi) is 3.96. The van der Waals surface area contributed by atoms with Crippen LogP contribution >= 0.6 is 0 Å². The summed E-state index contributed by atoms with van der Waals surface area (Å²) in [5.74, 6) is 0.607. The van der Waals surface area contributed by atoms with Crippen LogP contribution in [-0.4, -0.2) is 36.0 Å². The standard InChI is InChI=1S/C11H20N4O2/c1-7-6-9(4-5-16-7)13-11-15-14-10(17-11)8(2)12-3/h7-9,12H,4-6H2,1-3H3,(H,13,15). The van der Waals surface area contributed by atoms with E-state index in [0.29, 0.717) is 24.1 Å². The van der Waals surface area contributed by atoms with Gasteiger partial charge in [-0.05, 0) is 33.7 Å². The van der Waals surface area contributed by atoms with Gasteiger partial charge in [0.25, 0.3) is 0 Å². The lowest BCUT2D eigenvalue weighted by Crippen LogP contribution is -2.32. The second-order valence-corrected chi connectivity index (χ2v) is 4.50. The number of ether oxygens (including phenoxy) is 1. The minimum absolute atomic E-state index is 0.0756. The molecule has 1 aromatic rings. The maximum absolute atomic E-state index is 5.54. The molecule has 0 saturated carbocycles. The molecule has 1 saturated heterocycles. The molecular formula is C11H20N4O2. The number of hydrogen-bond donors (Lipinski definition) is 2. The first kappa shape index (κ1) is 12.3. The molecule has 2 N–H and O–H groups in total. The molecule has 1 aromatic heterocycles. The van der Waals surface area contributed by atoms with Crippen LogP contribution in [0, 0.1) is 0 Å². The van der Waals surface area contributed by atoms with E-state index in [1.54, 1.807) is 0 Å². The van der Waals surface area contributed by atoms with Crippen molar-refractivity contribution in [2.45, 2.75) is 44.9 Å². The van der Waals surface area contributed by atoms with Crippen LogP contribution in [0.4, 0.5) is 6.01 Å². The van der Waals surface area contributed by atoms with Crippen molar-refractivity contribution in [2.24, 2.45) is 0 Å². The van der Waals surface area contributed by atoms with Crippen molar-refractivity contribution in [1.82, 2.24) is 15.5 Å². The summed E-state index contributed by atoms with van der Waals surface area (Å²) in [7, 11) is 1.86. The van der Waals surface area contributed by atoms with Crippen molar-refractivity contribution in [3.63, 3.8) is 0 Å². The Morgan fingerprint density at radius 2 is 2.24 bits per heavy atom. The van der Waals surface area contributed by atoms with Crippen LogP contribution in [0.5, 0.6) is 0 Å².